The van der Waals surface area contributed by atoms with Gasteiger partial charge in [-0.25, -0.2) is 0 Å². The second-order valence-electron chi connectivity index (χ2n) is 6.17. The van der Waals surface area contributed by atoms with Crippen LogP contribution in [0.25, 0.3) is 0 Å². The predicted octanol–water partition coefficient (Wildman–Crippen LogP) is -0.499. The molecule has 2 saturated heterocycles. The molecule has 0 aromatic carbocycles. The molecule has 6 nitrogen and oxygen atoms in total. The molecule has 0 spiro atoms. The van der Waals surface area contributed by atoms with E-state index in [1.807, 2.05) is 13.8 Å². The lowest BCUT2D eigenvalue weighted by Gasteiger charge is -2.42. The molecular weight excluding hydrogens is 264 g/mol. The Labute approximate surface area is 118 Å². The van der Waals surface area contributed by atoms with Crippen LogP contribution in [-0.4, -0.2) is 65.3 Å². The first kappa shape index (κ1) is 14.7. The Morgan fingerprint density at radius 3 is 2.50 bits per heavy atom. The van der Waals surface area contributed by atoms with Crippen LogP contribution < -0.4 is 0 Å². The molecule has 0 radical (unpaired) electrons. The number of rotatable bonds is 2. The third-order valence-corrected chi connectivity index (χ3v) is 5.07. The van der Waals surface area contributed by atoms with Crippen LogP contribution in [-0.2, 0) is 14.2 Å². The van der Waals surface area contributed by atoms with Gasteiger partial charge in [-0.1, -0.05) is 6.92 Å². The van der Waals surface area contributed by atoms with Gasteiger partial charge in [-0.2, -0.15) is 0 Å². The maximum Gasteiger partial charge on any atom is 0.184 e. The second kappa shape index (κ2) is 5.51. The number of ether oxygens (including phenoxy) is 3. The molecule has 3 rings (SSSR count). The SMILES string of the molecule is CCOC1OCC(O)C2C1OC1C(O)CC(O)C(C)C12. The number of fused-ring (bicyclic) bond motifs is 3. The van der Waals surface area contributed by atoms with Crippen molar-refractivity contribution >= 4 is 0 Å². The van der Waals surface area contributed by atoms with Crippen LogP contribution in [0.3, 0.4) is 0 Å². The molecule has 3 fully saturated rings. The average molecular weight is 288 g/mol. The van der Waals surface area contributed by atoms with Crippen LogP contribution in [0.4, 0.5) is 0 Å². The largest absolute Gasteiger partial charge is 0.393 e. The van der Waals surface area contributed by atoms with Gasteiger partial charge < -0.3 is 29.5 Å². The minimum absolute atomic E-state index is 0.0200. The summed E-state index contributed by atoms with van der Waals surface area (Å²) in [5.41, 5.74) is 0. The van der Waals surface area contributed by atoms with Crippen molar-refractivity contribution in [2.75, 3.05) is 13.2 Å². The van der Waals surface area contributed by atoms with Crippen LogP contribution >= 0.6 is 0 Å². The summed E-state index contributed by atoms with van der Waals surface area (Å²) in [4.78, 5) is 0. The highest BCUT2D eigenvalue weighted by Gasteiger charge is 2.59. The highest BCUT2D eigenvalue weighted by molar-refractivity contribution is 5.05. The predicted molar refractivity (Wildman–Crippen MR) is 68.8 cm³/mol. The highest BCUT2D eigenvalue weighted by atomic mass is 16.7. The topological polar surface area (TPSA) is 88.4 Å². The molecule has 9 unspecified atom stereocenters. The summed E-state index contributed by atoms with van der Waals surface area (Å²) >= 11 is 0. The van der Waals surface area contributed by atoms with E-state index < -0.39 is 24.6 Å². The number of aliphatic hydroxyl groups is 3. The lowest BCUT2D eigenvalue weighted by Crippen LogP contribution is -2.53. The van der Waals surface area contributed by atoms with Crippen molar-refractivity contribution in [1.29, 1.82) is 0 Å². The fourth-order valence-electron chi connectivity index (χ4n) is 4.08. The van der Waals surface area contributed by atoms with Crippen LogP contribution in [0.5, 0.6) is 0 Å². The van der Waals surface area contributed by atoms with E-state index in [1.165, 1.54) is 0 Å². The zero-order valence-electron chi connectivity index (χ0n) is 11.9. The second-order valence-corrected chi connectivity index (χ2v) is 6.17. The first-order valence-electron chi connectivity index (χ1n) is 7.47. The lowest BCUT2D eigenvalue weighted by atomic mass is 9.67. The molecule has 1 aliphatic carbocycles. The molecule has 20 heavy (non-hydrogen) atoms. The minimum Gasteiger partial charge on any atom is -0.393 e. The summed E-state index contributed by atoms with van der Waals surface area (Å²) in [5, 5.41) is 30.5. The van der Waals surface area contributed by atoms with Gasteiger partial charge in [0.15, 0.2) is 6.29 Å². The molecule has 2 aliphatic heterocycles. The third kappa shape index (κ3) is 2.19. The van der Waals surface area contributed by atoms with Crippen molar-refractivity contribution in [2.45, 2.75) is 57.1 Å². The molecule has 0 bridgehead atoms. The lowest BCUT2D eigenvalue weighted by molar-refractivity contribution is -0.253. The Morgan fingerprint density at radius 1 is 1.05 bits per heavy atom. The molecular formula is C14H24O6. The van der Waals surface area contributed by atoms with Gasteiger partial charge in [-0.3, -0.25) is 0 Å². The fourth-order valence-corrected chi connectivity index (χ4v) is 4.08. The van der Waals surface area contributed by atoms with E-state index >= 15 is 0 Å². The summed E-state index contributed by atoms with van der Waals surface area (Å²) in [6.45, 7) is 4.55. The first-order valence-corrected chi connectivity index (χ1v) is 7.47. The van der Waals surface area contributed by atoms with E-state index in [1.54, 1.807) is 0 Å². The molecule has 1 saturated carbocycles. The van der Waals surface area contributed by atoms with E-state index in [2.05, 4.69) is 0 Å². The standard InChI is InChI=1S/C14H24O6/c1-3-18-14-13-11(9(17)5-19-14)10-6(2)7(15)4-8(16)12(10)20-13/h6-17H,3-5H2,1-2H3. The first-order chi connectivity index (χ1) is 9.54. The Bertz CT molecular complexity index is 351. The zero-order valence-corrected chi connectivity index (χ0v) is 11.9. The Kier molecular flexibility index (Phi) is 4.05. The van der Waals surface area contributed by atoms with E-state index in [4.69, 9.17) is 14.2 Å². The van der Waals surface area contributed by atoms with Crippen molar-refractivity contribution < 1.29 is 29.5 Å². The van der Waals surface area contributed by atoms with Crippen LogP contribution in [0.1, 0.15) is 20.3 Å². The summed E-state index contributed by atoms with van der Waals surface area (Å²) in [5.74, 6) is -0.251. The maximum atomic E-state index is 10.3. The van der Waals surface area contributed by atoms with Crippen LogP contribution in [0, 0.1) is 17.8 Å². The normalized spacial score (nSPS) is 55.4. The van der Waals surface area contributed by atoms with Gasteiger partial charge in [0, 0.05) is 24.9 Å². The summed E-state index contributed by atoms with van der Waals surface area (Å²) in [6, 6.07) is 0. The zero-order chi connectivity index (χ0) is 14.4. The molecule has 6 heteroatoms. The van der Waals surface area contributed by atoms with Gasteiger partial charge in [-0.05, 0) is 12.8 Å². The van der Waals surface area contributed by atoms with Crippen molar-refractivity contribution in [2.24, 2.45) is 17.8 Å². The van der Waals surface area contributed by atoms with E-state index in [9.17, 15) is 15.3 Å². The fraction of sp³-hybridized carbons (Fsp3) is 1.00. The highest BCUT2D eigenvalue weighted by Crippen LogP contribution is 2.49. The van der Waals surface area contributed by atoms with Gasteiger partial charge in [0.1, 0.15) is 6.10 Å². The van der Waals surface area contributed by atoms with Gasteiger partial charge in [0.05, 0.1) is 31.0 Å². The summed E-state index contributed by atoms with van der Waals surface area (Å²) < 4.78 is 17.0. The quantitative estimate of drug-likeness (QED) is 0.635. The van der Waals surface area contributed by atoms with Crippen molar-refractivity contribution in [3.05, 3.63) is 0 Å². The number of hydrogen-bond acceptors (Lipinski definition) is 6. The third-order valence-electron chi connectivity index (χ3n) is 5.07. The monoisotopic (exact) mass is 288 g/mol. The summed E-state index contributed by atoms with van der Waals surface area (Å²) in [7, 11) is 0. The van der Waals surface area contributed by atoms with Gasteiger partial charge in [-0.15, -0.1) is 0 Å². The number of aliphatic hydroxyl groups excluding tert-OH is 3. The number of hydrogen-bond donors (Lipinski definition) is 3. The molecule has 0 amide bonds. The smallest absolute Gasteiger partial charge is 0.184 e. The minimum atomic E-state index is -0.703. The van der Waals surface area contributed by atoms with Crippen LogP contribution in [0.2, 0.25) is 0 Å². The van der Waals surface area contributed by atoms with Crippen molar-refractivity contribution in [3.8, 4) is 0 Å². The van der Waals surface area contributed by atoms with Gasteiger partial charge in [0.25, 0.3) is 0 Å². The molecule has 3 N–H and O–H groups in total. The Morgan fingerprint density at radius 2 is 1.80 bits per heavy atom. The summed E-state index contributed by atoms with van der Waals surface area (Å²) in [6.07, 6.45) is -2.83. The van der Waals surface area contributed by atoms with Crippen molar-refractivity contribution in [3.63, 3.8) is 0 Å². The molecule has 116 valence electrons. The Balaban J connectivity index is 1.87. The van der Waals surface area contributed by atoms with E-state index in [0.29, 0.717) is 13.0 Å². The molecule has 0 aromatic heterocycles. The molecule has 9 atom stereocenters. The van der Waals surface area contributed by atoms with Crippen LogP contribution in [0.15, 0.2) is 0 Å². The maximum absolute atomic E-state index is 10.3. The molecule has 0 aromatic rings. The molecule has 2 heterocycles. The molecule has 3 aliphatic rings. The average Bonchev–Trinajstić information content (AvgIpc) is 2.81. The van der Waals surface area contributed by atoms with Crippen molar-refractivity contribution in [1.82, 2.24) is 0 Å². The van der Waals surface area contributed by atoms with Gasteiger partial charge >= 0.3 is 0 Å². The van der Waals surface area contributed by atoms with E-state index in [-0.39, 0.29) is 36.6 Å². The van der Waals surface area contributed by atoms with Gasteiger partial charge in [0.2, 0.25) is 0 Å². The van der Waals surface area contributed by atoms with E-state index in [0.717, 1.165) is 0 Å². The Hall–Kier alpha value is -0.240.